The monoisotopic (exact) mass is 265 g/mol. The highest BCUT2D eigenvalue weighted by Gasteiger charge is 2.12. The Morgan fingerprint density at radius 2 is 2.11 bits per heavy atom. The van der Waals surface area contributed by atoms with Crippen LogP contribution in [0.2, 0.25) is 0 Å². The van der Waals surface area contributed by atoms with Gasteiger partial charge in [0.15, 0.2) is 6.61 Å². The predicted octanol–water partition coefficient (Wildman–Crippen LogP) is 1.91. The van der Waals surface area contributed by atoms with Gasteiger partial charge in [-0.15, -0.1) is 0 Å². The highest BCUT2D eigenvalue weighted by Crippen LogP contribution is 2.18. The van der Waals surface area contributed by atoms with Gasteiger partial charge < -0.3 is 14.7 Å². The summed E-state index contributed by atoms with van der Waals surface area (Å²) in [4.78, 5) is 13.6. The van der Waals surface area contributed by atoms with E-state index in [1.807, 2.05) is 39.0 Å². The second kappa shape index (κ2) is 7.79. The van der Waals surface area contributed by atoms with E-state index < -0.39 is 0 Å². The third-order valence-corrected chi connectivity index (χ3v) is 3.00. The number of ether oxygens (including phenoxy) is 1. The topological polar surface area (TPSA) is 49.8 Å². The zero-order valence-electron chi connectivity index (χ0n) is 12.0. The van der Waals surface area contributed by atoms with Crippen LogP contribution in [0.15, 0.2) is 18.2 Å². The molecule has 1 aromatic carbocycles. The number of aliphatic hydroxyl groups excluding tert-OH is 1. The summed E-state index contributed by atoms with van der Waals surface area (Å²) in [5.41, 5.74) is 2.21. The molecule has 19 heavy (non-hydrogen) atoms. The maximum atomic E-state index is 12.0. The number of carbonyl (C=O) groups is 1. The van der Waals surface area contributed by atoms with Crippen LogP contribution in [0.3, 0.4) is 0 Å². The maximum Gasteiger partial charge on any atom is 0.260 e. The van der Waals surface area contributed by atoms with E-state index >= 15 is 0 Å². The summed E-state index contributed by atoms with van der Waals surface area (Å²) in [6, 6.07) is 5.89. The highest BCUT2D eigenvalue weighted by molar-refractivity contribution is 5.77. The quantitative estimate of drug-likeness (QED) is 0.819. The SMILES string of the molecule is CCN(CCCO)C(=O)COc1ccc(C)cc1C. The van der Waals surface area contributed by atoms with Crippen molar-refractivity contribution in [3.8, 4) is 5.75 Å². The van der Waals surface area contributed by atoms with Gasteiger partial charge in [0.1, 0.15) is 5.75 Å². The Balaban J connectivity index is 2.52. The van der Waals surface area contributed by atoms with Crippen LogP contribution in [0.1, 0.15) is 24.5 Å². The Morgan fingerprint density at radius 3 is 2.68 bits per heavy atom. The lowest BCUT2D eigenvalue weighted by molar-refractivity contribution is -0.133. The van der Waals surface area contributed by atoms with Crippen LogP contribution < -0.4 is 4.74 Å². The number of rotatable bonds is 7. The molecule has 0 unspecified atom stereocenters. The number of carbonyl (C=O) groups excluding carboxylic acids is 1. The molecule has 0 aliphatic rings. The summed E-state index contributed by atoms with van der Waals surface area (Å²) in [6.07, 6.45) is 0.600. The second-order valence-corrected chi connectivity index (χ2v) is 4.61. The lowest BCUT2D eigenvalue weighted by Crippen LogP contribution is -2.35. The van der Waals surface area contributed by atoms with Gasteiger partial charge in [0.25, 0.3) is 5.91 Å². The first-order chi connectivity index (χ1) is 9.08. The van der Waals surface area contributed by atoms with Gasteiger partial charge in [-0.05, 0) is 38.8 Å². The molecular formula is C15H23NO3. The lowest BCUT2D eigenvalue weighted by atomic mass is 10.1. The number of aliphatic hydroxyl groups is 1. The molecule has 1 rings (SSSR count). The van der Waals surface area contributed by atoms with E-state index in [1.54, 1.807) is 4.90 Å². The van der Waals surface area contributed by atoms with Crippen molar-refractivity contribution in [1.82, 2.24) is 4.90 Å². The van der Waals surface area contributed by atoms with E-state index in [-0.39, 0.29) is 19.1 Å². The molecule has 0 atom stereocenters. The largest absolute Gasteiger partial charge is 0.484 e. The third-order valence-electron chi connectivity index (χ3n) is 3.00. The number of amides is 1. The summed E-state index contributed by atoms with van der Waals surface area (Å²) < 4.78 is 5.56. The van der Waals surface area contributed by atoms with Gasteiger partial charge in [0.2, 0.25) is 0 Å². The van der Waals surface area contributed by atoms with Crippen LogP contribution in [0.4, 0.5) is 0 Å². The van der Waals surface area contributed by atoms with E-state index in [1.165, 1.54) is 5.56 Å². The van der Waals surface area contributed by atoms with Crippen LogP contribution in [-0.4, -0.2) is 42.2 Å². The molecule has 1 aromatic rings. The molecule has 0 aromatic heterocycles. The third kappa shape index (κ3) is 4.91. The summed E-state index contributed by atoms with van der Waals surface area (Å²) in [6.45, 7) is 7.26. The van der Waals surface area contributed by atoms with E-state index in [9.17, 15) is 4.79 Å². The molecule has 0 spiro atoms. The molecule has 106 valence electrons. The van der Waals surface area contributed by atoms with Crippen LogP contribution in [0.5, 0.6) is 5.75 Å². The smallest absolute Gasteiger partial charge is 0.260 e. The Kier molecular flexibility index (Phi) is 6.36. The number of benzene rings is 1. The molecule has 0 fully saturated rings. The first-order valence-corrected chi connectivity index (χ1v) is 6.67. The normalized spacial score (nSPS) is 10.3. The molecule has 1 N–H and O–H groups in total. The fourth-order valence-electron chi connectivity index (χ4n) is 1.91. The van der Waals surface area contributed by atoms with E-state index in [0.29, 0.717) is 19.5 Å². The van der Waals surface area contributed by atoms with E-state index in [2.05, 4.69) is 0 Å². The molecule has 0 aliphatic heterocycles. The zero-order valence-corrected chi connectivity index (χ0v) is 12.0. The van der Waals surface area contributed by atoms with Crippen molar-refractivity contribution in [2.45, 2.75) is 27.2 Å². The van der Waals surface area contributed by atoms with Crippen molar-refractivity contribution >= 4 is 5.91 Å². The summed E-state index contributed by atoms with van der Waals surface area (Å²) in [5.74, 6) is 0.702. The van der Waals surface area contributed by atoms with Gasteiger partial charge >= 0.3 is 0 Å². The summed E-state index contributed by atoms with van der Waals surface area (Å²) >= 11 is 0. The number of hydrogen-bond donors (Lipinski definition) is 1. The molecule has 0 aliphatic carbocycles. The van der Waals surface area contributed by atoms with Crippen LogP contribution in [0.25, 0.3) is 0 Å². The van der Waals surface area contributed by atoms with Crippen molar-refractivity contribution < 1.29 is 14.6 Å². The standard InChI is InChI=1S/C15H23NO3/c1-4-16(8-5-9-17)15(18)11-19-14-7-6-12(2)10-13(14)3/h6-7,10,17H,4-5,8-9,11H2,1-3H3. The summed E-state index contributed by atoms with van der Waals surface area (Å²) in [5, 5.41) is 8.79. The fourth-order valence-corrected chi connectivity index (χ4v) is 1.91. The molecule has 4 nitrogen and oxygen atoms in total. The maximum absolute atomic E-state index is 12.0. The number of aryl methyl sites for hydroxylation is 2. The van der Waals surface area contributed by atoms with Crippen LogP contribution in [-0.2, 0) is 4.79 Å². The van der Waals surface area contributed by atoms with Crippen molar-refractivity contribution in [1.29, 1.82) is 0 Å². The lowest BCUT2D eigenvalue weighted by Gasteiger charge is -2.20. The number of likely N-dealkylation sites (N-methyl/N-ethyl adjacent to an activating group) is 1. The zero-order chi connectivity index (χ0) is 14.3. The van der Waals surface area contributed by atoms with Gasteiger partial charge in [-0.1, -0.05) is 17.7 Å². The van der Waals surface area contributed by atoms with E-state index in [4.69, 9.17) is 9.84 Å². The fraction of sp³-hybridized carbons (Fsp3) is 0.533. The van der Waals surface area contributed by atoms with Crippen molar-refractivity contribution in [3.05, 3.63) is 29.3 Å². The number of nitrogens with zero attached hydrogens (tertiary/aromatic N) is 1. The average molecular weight is 265 g/mol. The van der Waals surface area contributed by atoms with Crippen LogP contribution in [0, 0.1) is 13.8 Å². The minimum atomic E-state index is -0.0454. The number of hydrogen-bond acceptors (Lipinski definition) is 3. The van der Waals surface area contributed by atoms with E-state index in [0.717, 1.165) is 11.3 Å². The average Bonchev–Trinajstić information content (AvgIpc) is 2.38. The molecule has 0 bridgehead atoms. The van der Waals surface area contributed by atoms with Crippen molar-refractivity contribution in [3.63, 3.8) is 0 Å². The molecule has 0 radical (unpaired) electrons. The highest BCUT2D eigenvalue weighted by atomic mass is 16.5. The first-order valence-electron chi connectivity index (χ1n) is 6.67. The molecule has 1 amide bonds. The Labute approximate surface area is 115 Å². The first kappa shape index (κ1) is 15.5. The Bertz CT molecular complexity index is 418. The van der Waals surface area contributed by atoms with Gasteiger partial charge in [-0.2, -0.15) is 0 Å². The molecule has 0 saturated heterocycles. The van der Waals surface area contributed by atoms with Crippen LogP contribution >= 0.6 is 0 Å². The molecule has 0 saturated carbocycles. The Hall–Kier alpha value is -1.55. The minimum absolute atomic E-state index is 0.0448. The van der Waals surface area contributed by atoms with Gasteiger partial charge in [-0.25, -0.2) is 0 Å². The molecule has 4 heteroatoms. The summed E-state index contributed by atoms with van der Waals surface area (Å²) in [7, 11) is 0. The van der Waals surface area contributed by atoms with Gasteiger partial charge in [0, 0.05) is 19.7 Å². The second-order valence-electron chi connectivity index (χ2n) is 4.61. The van der Waals surface area contributed by atoms with Gasteiger partial charge in [-0.3, -0.25) is 4.79 Å². The Morgan fingerprint density at radius 1 is 1.37 bits per heavy atom. The molecular weight excluding hydrogens is 242 g/mol. The minimum Gasteiger partial charge on any atom is -0.484 e. The van der Waals surface area contributed by atoms with Crippen molar-refractivity contribution in [2.24, 2.45) is 0 Å². The molecule has 0 heterocycles. The van der Waals surface area contributed by atoms with Crippen molar-refractivity contribution in [2.75, 3.05) is 26.3 Å². The predicted molar refractivity (Wildman–Crippen MR) is 75.4 cm³/mol. The van der Waals surface area contributed by atoms with Gasteiger partial charge in [0.05, 0.1) is 0 Å².